The third-order valence-electron chi connectivity index (χ3n) is 5.05. The molecule has 7 heteroatoms. The molecule has 0 bridgehead atoms. The standard InChI is InChI=1S/C17H25N3O3S/c18-12-15-7-5-11-20(15)17(21)14-6-4-10-19(13-14)24(22,23)16-8-2-1-3-9-16/h1-3,8-9,14-15H,4-7,10-13,18H2. The lowest BCUT2D eigenvalue weighted by atomic mass is 9.97. The van der Waals surface area contributed by atoms with E-state index in [0.717, 1.165) is 25.8 Å². The van der Waals surface area contributed by atoms with Gasteiger partial charge in [0.05, 0.1) is 10.8 Å². The monoisotopic (exact) mass is 351 g/mol. The molecule has 2 aliphatic heterocycles. The van der Waals surface area contributed by atoms with Gasteiger partial charge in [0, 0.05) is 32.2 Å². The predicted octanol–water partition coefficient (Wildman–Crippen LogP) is 1.04. The van der Waals surface area contributed by atoms with Gasteiger partial charge in [-0.1, -0.05) is 18.2 Å². The largest absolute Gasteiger partial charge is 0.338 e. The Kier molecular flexibility index (Phi) is 5.22. The SMILES string of the molecule is NCC1CCCN1C(=O)C1CCCN(S(=O)(=O)c2ccccc2)C1. The minimum Gasteiger partial charge on any atom is -0.338 e. The Balaban J connectivity index is 1.74. The average molecular weight is 351 g/mol. The minimum absolute atomic E-state index is 0.0657. The molecule has 2 N–H and O–H groups in total. The Labute approximate surface area is 143 Å². The molecule has 0 spiro atoms. The summed E-state index contributed by atoms with van der Waals surface area (Å²) in [5, 5.41) is 0. The van der Waals surface area contributed by atoms with Crippen LogP contribution in [0.1, 0.15) is 25.7 Å². The molecule has 2 fully saturated rings. The second kappa shape index (κ2) is 7.21. The smallest absolute Gasteiger partial charge is 0.243 e. The van der Waals surface area contributed by atoms with Crippen LogP contribution in [0.4, 0.5) is 0 Å². The predicted molar refractivity (Wildman–Crippen MR) is 91.7 cm³/mol. The van der Waals surface area contributed by atoms with Crippen molar-refractivity contribution in [3.63, 3.8) is 0 Å². The van der Waals surface area contributed by atoms with E-state index in [9.17, 15) is 13.2 Å². The third kappa shape index (κ3) is 3.34. The number of piperidine rings is 1. The van der Waals surface area contributed by atoms with E-state index in [4.69, 9.17) is 5.73 Å². The van der Waals surface area contributed by atoms with Crippen LogP contribution in [0, 0.1) is 5.92 Å². The number of carbonyl (C=O) groups excluding carboxylic acids is 1. The minimum atomic E-state index is -3.53. The quantitative estimate of drug-likeness (QED) is 0.878. The summed E-state index contributed by atoms with van der Waals surface area (Å²) in [7, 11) is -3.53. The van der Waals surface area contributed by atoms with Crippen molar-refractivity contribution in [1.29, 1.82) is 0 Å². The maximum atomic E-state index is 12.8. The highest BCUT2D eigenvalue weighted by Crippen LogP contribution is 2.27. The van der Waals surface area contributed by atoms with Crippen LogP contribution < -0.4 is 5.73 Å². The second-order valence-electron chi connectivity index (χ2n) is 6.58. The maximum Gasteiger partial charge on any atom is 0.243 e. The molecule has 1 amide bonds. The van der Waals surface area contributed by atoms with Gasteiger partial charge in [0.1, 0.15) is 0 Å². The number of sulfonamides is 1. The number of carbonyl (C=O) groups is 1. The van der Waals surface area contributed by atoms with Crippen molar-refractivity contribution in [3.8, 4) is 0 Å². The van der Waals surface area contributed by atoms with Crippen molar-refractivity contribution >= 4 is 15.9 Å². The Morgan fingerprint density at radius 3 is 2.54 bits per heavy atom. The normalized spacial score (nSPS) is 25.8. The highest BCUT2D eigenvalue weighted by molar-refractivity contribution is 7.89. The number of nitrogens with zero attached hydrogens (tertiary/aromatic N) is 2. The first-order chi connectivity index (χ1) is 11.5. The van der Waals surface area contributed by atoms with E-state index in [-0.39, 0.29) is 24.4 Å². The van der Waals surface area contributed by atoms with Crippen molar-refractivity contribution < 1.29 is 13.2 Å². The molecule has 1 aromatic carbocycles. The van der Waals surface area contributed by atoms with Crippen LogP contribution in [0.3, 0.4) is 0 Å². The fourth-order valence-corrected chi connectivity index (χ4v) is 5.25. The molecule has 3 rings (SSSR count). The zero-order valence-electron chi connectivity index (χ0n) is 13.8. The molecule has 0 aliphatic carbocycles. The Bertz CT molecular complexity index is 678. The number of likely N-dealkylation sites (tertiary alicyclic amines) is 1. The van der Waals surface area contributed by atoms with Crippen molar-refractivity contribution in [3.05, 3.63) is 30.3 Å². The summed E-state index contributed by atoms with van der Waals surface area (Å²) in [4.78, 5) is 15.0. The number of rotatable bonds is 4. The van der Waals surface area contributed by atoms with E-state index in [1.807, 2.05) is 4.90 Å². The van der Waals surface area contributed by atoms with Crippen molar-refractivity contribution in [2.75, 3.05) is 26.2 Å². The number of hydrogen-bond donors (Lipinski definition) is 1. The van der Waals surface area contributed by atoms with Gasteiger partial charge < -0.3 is 10.6 Å². The summed E-state index contributed by atoms with van der Waals surface area (Å²) < 4.78 is 27.0. The molecule has 2 atom stereocenters. The molecule has 2 saturated heterocycles. The summed E-state index contributed by atoms with van der Waals surface area (Å²) in [5.74, 6) is -0.194. The van der Waals surface area contributed by atoms with Crippen molar-refractivity contribution in [1.82, 2.24) is 9.21 Å². The molecule has 1 aromatic rings. The number of nitrogens with two attached hydrogens (primary N) is 1. The summed E-state index contributed by atoms with van der Waals surface area (Å²) >= 11 is 0. The molecule has 6 nitrogen and oxygen atoms in total. The van der Waals surface area contributed by atoms with Gasteiger partial charge in [-0.2, -0.15) is 4.31 Å². The Hall–Kier alpha value is -1.44. The van der Waals surface area contributed by atoms with Crippen LogP contribution in [0.25, 0.3) is 0 Å². The average Bonchev–Trinajstić information content (AvgIpc) is 3.10. The summed E-state index contributed by atoms with van der Waals surface area (Å²) in [6, 6.07) is 8.54. The van der Waals surface area contributed by atoms with E-state index < -0.39 is 10.0 Å². The fourth-order valence-electron chi connectivity index (χ4n) is 3.71. The molecule has 2 heterocycles. The summed E-state index contributed by atoms with van der Waals surface area (Å²) in [6.07, 6.45) is 3.38. The molecule has 0 aromatic heterocycles. The van der Waals surface area contributed by atoms with Crippen LogP contribution in [0.5, 0.6) is 0 Å². The second-order valence-corrected chi connectivity index (χ2v) is 8.52. The Morgan fingerprint density at radius 1 is 1.12 bits per heavy atom. The number of amides is 1. The van der Waals surface area contributed by atoms with Crippen LogP contribution in [-0.2, 0) is 14.8 Å². The molecular weight excluding hydrogens is 326 g/mol. The highest BCUT2D eigenvalue weighted by Gasteiger charge is 2.37. The Morgan fingerprint density at radius 2 is 1.83 bits per heavy atom. The van der Waals surface area contributed by atoms with Crippen LogP contribution in [-0.4, -0.2) is 55.8 Å². The third-order valence-corrected chi connectivity index (χ3v) is 6.93. The molecule has 132 valence electrons. The summed E-state index contributed by atoms with van der Waals surface area (Å²) in [5.41, 5.74) is 5.76. The lowest BCUT2D eigenvalue weighted by Gasteiger charge is -2.34. The topological polar surface area (TPSA) is 83.7 Å². The molecule has 24 heavy (non-hydrogen) atoms. The first kappa shape index (κ1) is 17.4. The zero-order chi connectivity index (χ0) is 17.2. The van der Waals surface area contributed by atoms with E-state index in [2.05, 4.69) is 0 Å². The molecular formula is C17H25N3O3S. The van der Waals surface area contributed by atoms with Gasteiger partial charge in [0.25, 0.3) is 0 Å². The molecule has 2 aliphatic rings. The fraction of sp³-hybridized carbons (Fsp3) is 0.588. The zero-order valence-corrected chi connectivity index (χ0v) is 14.6. The van der Waals surface area contributed by atoms with Crippen molar-refractivity contribution in [2.45, 2.75) is 36.6 Å². The number of hydrogen-bond acceptors (Lipinski definition) is 4. The van der Waals surface area contributed by atoms with Gasteiger partial charge in [-0.25, -0.2) is 8.42 Å². The lowest BCUT2D eigenvalue weighted by Crippen LogP contribution is -2.49. The number of benzene rings is 1. The van der Waals surface area contributed by atoms with Gasteiger partial charge in [0.15, 0.2) is 0 Å². The molecule has 2 unspecified atom stereocenters. The summed E-state index contributed by atoms with van der Waals surface area (Å²) in [6.45, 7) is 1.96. The van der Waals surface area contributed by atoms with E-state index in [1.165, 1.54) is 4.31 Å². The van der Waals surface area contributed by atoms with Gasteiger partial charge in [-0.15, -0.1) is 0 Å². The van der Waals surface area contributed by atoms with Crippen LogP contribution in [0.15, 0.2) is 35.2 Å². The van der Waals surface area contributed by atoms with Crippen LogP contribution in [0.2, 0.25) is 0 Å². The van der Waals surface area contributed by atoms with Crippen molar-refractivity contribution in [2.24, 2.45) is 11.7 Å². The van der Waals surface area contributed by atoms with E-state index >= 15 is 0 Å². The lowest BCUT2D eigenvalue weighted by molar-refractivity contribution is -0.137. The first-order valence-corrected chi connectivity index (χ1v) is 10.0. The van der Waals surface area contributed by atoms with Gasteiger partial charge in [-0.3, -0.25) is 4.79 Å². The maximum absolute atomic E-state index is 12.8. The first-order valence-electron chi connectivity index (χ1n) is 8.60. The highest BCUT2D eigenvalue weighted by atomic mass is 32.2. The van der Waals surface area contributed by atoms with Crippen LogP contribution >= 0.6 is 0 Å². The van der Waals surface area contributed by atoms with Gasteiger partial charge >= 0.3 is 0 Å². The van der Waals surface area contributed by atoms with Gasteiger partial charge in [-0.05, 0) is 37.8 Å². The van der Waals surface area contributed by atoms with E-state index in [1.54, 1.807) is 30.3 Å². The molecule has 0 radical (unpaired) electrons. The van der Waals surface area contributed by atoms with E-state index in [0.29, 0.717) is 24.4 Å². The molecule has 0 saturated carbocycles. The van der Waals surface area contributed by atoms with Gasteiger partial charge in [0.2, 0.25) is 15.9 Å².